The molecule has 0 aliphatic rings. The van der Waals surface area contributed by atoms with Gasteiger partial charge in [0, 0.05) is 6.20 Å². The zero-order chi connectivity index (χ0) is 16.2. The van der Waals surface area contributed by atoms with E-state index in [-0.39, 0.29) is 10.5 Å². The highest BCUT2D eigenvalue weighted by molar-refractivity contribution is 7.89. The molecule has 6 nitrogen and oxygen atoms in total. The summed E-state index contributed by atoms with van der Waals surface area (Å²) >= 11 is 0. The van der Waals surface area contributed by atoms with Crippen molar-refractivity contribution >= 4 is 16.0 Å². The fourth-order valence-corrected chi connectivity index (χ4v) is 3.16. The molecule has 1 N–H and O–H groups in total. The van der Waals surface area contributed by atoms with Crippen molar-refractivity contribution in [1.82, 2.24) is 9.71 Å². The second kappa shape index (κ2) is 6.67. The summed E-state index contributed by atoms with van der Waals surface area (Å²) in [6.07, 6.45) is 1.60. The fraction of sp³-hybridized carbons (Fsp3) is 0.200. The third kappa shape index (κ3) is 3.69. The summed E-state index contributed by atoms with van der Waals surface area (Å²) in [5.41, 5.74) is 0.783. The van der Waals surface area contributed by atoms with E-state index in [1.54, 1.807) is 31.3 Å². The molecule has 1 aromatic heterocycles. The summed E-state index contributed by atoms with van der Waals surface area (Å²) in [7, 11) is -2.53. The number of methoxy groups -OCH3 is 1. The molecule has 1 aromatic carbocycles. The number of pyridine rings is 1. The van der Waals surface area contributed by atoms with Gasteiger partial charge in [0.05, 0.1) is 29.3 Å². The first-order chi connectivity index (χ1) is 10.4. The number of carbonyl (C=O) groups excluding carboxylic acids is 1. The third-order valence-corrected chi connectivity index (χ3v) is 4.57. The van der Waals surface area contributed by atoms with Crippen LogP contribution in [0.1, 0.15) is 29.0 Å². The van der Waals surface area contributed by atoms with Crippen molar-refractivity contribution in [2.24, 2.45) is 0 Å². The van der Waals surface area contributed by atoms with E-state index < -0.39 is 22.0 Å². The van der Waals surface area contributed by atoms with Gasteiger partial charge < -0.3 is 4.74 Å². The van der Waals surface area contributed by atoms with Gasteiger partial charge in [0.1, 0.15) is 0 Å². The second-order valence-corrected chi connectivity index (χ2v) is 6.33. The molecule has 1 atom stereocenters. The SMILES string of the molecule is COC(=O)c1cccc(S(=O)(=O)N[C@@H](C)c2ccccn2)c1. The van der Waals surface area contributed by atoms with Gasteiger partial charge in [-0.15, -0.1) is 0 Å². The summed E-state index contributed by atoms with van der Waals surface area (Å²) in [6.45, 7) is 1.70. The first kappa shape index (κ1) is 16.1. The first-order valence-corrected chi connectivity index (χ1v) is 8.04. The number of rotatable bonds is 5. The highest BCUT2D eigenvalue weighted by Gasteiger charge is 2.20. The molecule has 1 heterocycles. The van der Waals surface area contributed by atoms with Gasteiger partial charge >= 0.3 is 5.97 Å². The molecule has 0 aliphatic heterocycles. The van der Waals surface area contributed by atoms with Crippen molar-refractivity contribution in [3.63, 3.8) is 0 Å². The van der Waals surface area contributed by atoms with Crippen molar-refractivity contribution in [2.45, 2.75) is 17.9 Å². The molecule has 7 heteroatoms. The summed E-state index contributed by atoms with van der Waals surface area (Å²) < 4.78 is 31.9. The molecule has 0 bridgehead atoms. The number of esters is 1. The fourth-order valence-electron chi connectivity index (χ4n) is 1.90. The van der Waals surface area contributed by atoms with E-state index in [4.69, 9.17) is 0 Å². The number of hydrogen-bond donors (Lipinski definition) is 1. The minimum absolute atomic E-state index is 0.00168. The Bertz CT molecular complexity index is 760. The van der Waals surface area contributed by atoms with Crippen molar-refractivity contribution in [1.29, 1.82) is 0 Å². The van der Waals surface area contributed by atoms with Gasteiger partial charge in [0.15, 0.2) is 0 Å². The maximum Gasteiger partial charge on any atom is 0.337 e. The molecule has 0 saturated carbocycles. The average Bonchev–Trinajstić information content (AvgIpc) is 2.54. The van der Waals surface area contributed by atoms with Gasteiger partial charge in [0.25, 0.3) is 0 Å². The van der Waals surface area contributed by atoms with Crippen LogP contribution in [0.2, 0.25) is 0 Å². The van der Waals surface area contributed by atoms with Crippen LogP contribution in [-0.2, 0) is 14.8 Å². The van der Waals surface area contributed by atoms with Crippen LogP contribution in [-0.4, -0.2) is 26.5 Å². The lowest BCUT2D eigenvalue weighted by atomic mass is 10.2. The third-order valence-electron chi connectivity index (χ3n) is 3.03. The molecule has 0 amide bonds. The Morgan fingerprint density at radius 2 is 2.00 bits per heavy atom. The van der Waals surface area contributed by atoms with Crippen molar-refractivity contribution in [3.05, 3.63) is 59.9 Å². The van der Waals surface area contributed by atoms with Gasteiger partial charge in [-0.25, -0.2) is 17.9 Å². The number of hydrogen-bond acceptors (Lipinski definition) is 5. The number of nitrogens with one attached hydrogen (secondary N) is 1. The van der Waals surface area contributed by atoms with Crippen LogP contribution in [0, 0.1) is 0 Å². The van der Waals surface area contributed by atoms with E-state index in [0.29, 0.717) is 5.69 Å². The van der Waals surface area contributed by atoms with E-state index in [0.717, 1.165) is 0 Å². The van der Waals surface area contributed by atoms with E-state index in [1.165, 1.54) is 31.4 Å². The first-order valence-electron chi connectivity index (χ1n) is 6.55. The van der Waals surface area contributed by atoms with Crippen LogP contribution < -0.4 is 4.72 Å². The Labute approximate surface area is 129 Å². The molecular weight excluding hydrogens is 304 g/mol. The Hall–Kier alpha value is -2.25. The monoisotopic (exact) mass is 320 g/mol. The summed E-state index contributed by atoms with van der Waals surface area (Å²) in [4.78, 5) is 15.6. The molecular formula is C15H16N2O4S. The molecule has 0 aliphatic carbocycles. The topological polar surface area (TPSA) is 85.4 Å². The van der Waals surface area contributed by atoms with Gasteiger partial charge in [0.2, 0.25) is 10.0 Å². The number of carbonyl (C=O) groups is 1. The maximum atomic E-state index is 12.4. The molecule has 0 radical (unpaired) electrons. The van der Waals surface area contributed by atoms with E-state index in [9.17, 15) is 13.2 Å². The van der Waals surface area contributed by atoms with Crippen LogP contribution in [0.4, 0.5) is 0 Å². The Morgan fingerprint density at radius 1 is 1.23 bits per heavy atom. The maximum absolute atomic E-state index is 12.4. The largest absolute Gasteiger partial charge is 0.465 e. The summed E-state index contributed by atoms with van der Waals surface area (Å²) in [5, 5.41) is 0. The van der Waals surface area contributed by atoms with E-state index in [1.807, 2.05) is 0 Å². The van der Waals surface area contributed by atoms with Crippen molar-refractivity contribution in [3.8, 4) is 0 Å². The van der Waals surface area contributed by atoms with Crippen LogP contribution in [0.25, 0.3) is 0 Å². The number of benzene rings is 1. The molecule has 116 valence electrons. The normalized spacial score (nSPS) is 12.6. The number of aromatic nitrogens is 1. The van der Waals surface area contributed by atoms with Crippen LogP contribution in [0.15, 0.2) is 53.6 Å². The standard InChI is InChI=1S/C15H16N2O4S/c1-11(14-8-3-4-9-16-14)17-22(19,20)13-7-5-6-12(10-13)15(18)21-2/h3-11,17H,1-2H3/t11-/m0/s1. The second-order valence-electron chi connectivity index (χ2n) is 4.62. The van der Waals surface area contributed by atoms with Gasteiger partial charge in [-0.3, -0.25) is 4.98 Å². The number of sulfonamides is 1. The molecule has 0 spiro atoms. The zero-order valence-electron chi connectivity index (χ0n) is 12.2. The molecule has 0 fully saturated rings. The lowest BCUT2D eigenvalue weighted by Gasteiger charge is -2.14. The zero-order valence-corrected chi connectivity index (χ0v) is 13.0. The molecule has 22 heavy (non-hydrogen) atoms. The Balaban J connectivity index is 2.25. The number of ether oxygens (including phenoxy) is 1. The highest BCUT2D eigenvalue weighted by Crippen LogP contribution is 2.16. The summed E-state index contributed by atoms with van der Waals surface area (Å²) in [5.74, 6) is -0.588. The van der Waals surface area contributed by atoms with Crippen molar-refractivity contribution in [2.75, 3.05) is 7.11 Å². The summed E-state index contributed by atoms with van der Waals surface area (Å²) in [6, 6.07) is 10.5. The Morgan fingerprint density at radius 3 is 2.64 bits per heavy atom. The number of nitrogens with zero attached hydrogens (tertiary/aromatic N) is 1. The van der Waals surface area contributed by atoms with Gasteiger partial charge in [-0.2, -0.15) is 0 Å². The van der Waals surface area contributed by atoms with Gasteiger partial charge in [-0.05, 0) is 37.3 Å². The lowest BCUT2D eigenvalue weighted by molar-refractivity contribution is 0.0600. The molecule has 2 aromatic rings. The van der Waals surface area contributed by atoms with E-state index >= 15 is 0 Å². The Kier molecular flexibility index (Phi) is 4.89. The van der Waals surface area contributed by atoms with Crippen LogP contribution in [0.3, 0.4) is 0 Å². The minimum atomic E-state index is -3.77. The quantitative estimate of drug-likeness (QED) is 0.851. The smallest absolute Gasteiger partial charge is 0.337 e. The molecule has 0 unspecified atom stereocenters. The van der Waals surface area contributed by atoms with Crippen LogP contribution in [0.5, 0.6) is 0 Å². The lowest BCUT2D eigenvalue weighted by Crippen LogP contribution is -2.27. The van der Waals surface area contributed by atoms with Crippen LogP contribution >= 0.6 is 0 Å². The average molecular weight is 320 g/mol. The molecule has 0 saturated heterocycles. The molecule has 2 rings (SSSR count). The van der Waals surface area contributed by atoms with Gasteiger partial charge in [-0.1, -0.05) is 12.1 Å². The minimum Gasteiger partial charge on any atom is -0.465 e. The predicted molar refractivity (Wildman–Crippen MR) is 80.8 cm³/mol. The van der Waals surface area contributed by atoms with Crippen molar-refractivity contribution < 1.29 is 17.9 Å². The predicted octanol–water partition coefficient (Wildman–Crippen LogP) is 1.91. The van der Waals surface area contributed by atoms with E-state index in [2.05, 4.69) is 14.4 Å². The highest BCUT2D eigenvalue weighted by atomic mass is 32.2.